The second kappa shape index (κ2) is 4.11. The van der Waals surface area contributed by atoms with Gasteiger partial charge in [-0.05, 0) is 40.3 Å². The lowest BCUT2D eigenvalue weighted by Gasteiger charge is -2.10. The maximum Gasteiger partial charge on any atom is 0.338 e. The second-order valence-corrected chi connectivity index (χ2v) is 5.55. The molecule has 0 saturated heterocycles. The largest absolute Gasteiger partial charge is 0.350 e. The lowest BCUT2D eigenvalue weighted by molar-refractivity contribution is -0.0431. The van der Waals surface area contributed by atoms with Crippen LogP contribution in [0.15, 0.2) is 15.9 Å². The number of nitrogens with two attached hydrogens (primary N) is 1. The third-order valence-electron chi connectivity index (χ3n) is 2.54. The third-order valence-corrected chi connectivity index (χ3v) is 4.36. The number of hydroxylamine groups is 2. The second-order valence-electron chi connectivity index (χ2n) is 3.69. The molecule has 2 unspecified atom stereocenters. The number of rotatable bonds is 3. The monoisotopic (exact) mass is 290 g/mol. The summed E-state index contributed by atoms with van der Waals surface area (Å²) in [5.74, 6) is 0.809. The van der Waals surface area contributed by atoms with Crippen LogP contribution in [0.2, 0.25) is 0 Å². The molecule has 0 spiro atoms. The lowest BCUT2D eigenvalue weighted by Crippen LogP contribution is -2.34. The molecule has 1 saturated carbocycles. The fourth-order valence-electron chi connectivity index (χ4n) is 1.63. The van der Waals surface area contributed by atoms with E-state index in [-0.39, 0.29) is 0 Å². The fraction of sp³-hybridized carbons (Fsp3) is 0.444. The van der Waals surface area contributed by atoms with Crippen LogP contribution < -0.4 is 5.73 Å². The smallest absolute Gasteiger partial charge is 0.338 e. The van der Waals surface area contributed by atoms with E-state index in [1.165, 1.54) is 4.88 Å². The zero-order valence-electron chi connectivity index (χ0n) is 7.89. The van der Waals surface area contributed by atoms with Crippen molar-refractivity contribution in [3.05, 3.63) is 20.8 Å². The predicted octanol–water partition coefficient (Wildman–Crippen LogP) is 2.38. The number of amides is 2. The summed E-state index contributed by atoms with van der Waals surface area (Å²) in [6.45, 7) is 0.329. The molecule has 15 heavy (non-hydrogen) atoms. The molecular weight excluding hydrogens is 280 g/mol. The van der Waals surface area contributed by atoms with Crippen LogP contribution in [0.5, 0.6) is 0 Å². The van der Waals surface area contributed by atoms with Gasteiger partial charge in [0.1, 0.15) is 0 Å². The average molecular weight is 291 g/mol. The van der Waals surface area contributed by atoms with E-state index in [1.807, 2.05) is 5.38 Å². The molecule has 0 aliphatic heterocycles. The Labute approximate surface area is 99.8 Å². The number of hydrogen-bond donors (Lipinski definition) is 2. The van der Waals surface area contributed by atoms with Crippen LogP contribution in [0.25, 0.3) is 0 Å². The maximum atomic E-state index is 10.6. The van der Waals surface area contributed by atoms with Gasteiger partial charge in [-0.3, -0.25) is 5.21 Å². The van der Waals surface area contributed by atoms with Crippen molar-refractivity contribution < 1.29 is 10.0 Å². The fourth-order valence-corrected chi connectivity index (χ4v) is 3.29. The summed E-state index contributed by atoms with van der Waals surface area (Å²) in [5, 5.41) is 11.8. The molecule has 0 bridgehead atoms. The van der Waals surface area contributed by atoms with Crippen LogP contribution in [0.1, 0.15) is 17.2 Å². The molecule has 1 aliphatic carbocycles. The lowest BCUT2D eigenvalue weighted by atomic mass is 10.2. The molecule has 0 aromatic carbocycles. The molecule has 6 heteroatoms. The highest BCUT2D eigenvalue weighted by Crippen LogP contribution is 2.50. The molecule has 2 rings (SSSR count). The number of carbonyl (C=O) groups is 1. The van der Waals surface area contributed by atoms with Gasteiger partial charge in [0, 0.05) is 14.7 Å². The van der Waals surface area contributed by atoms with Crippen LogP contribution in [-0.4, -0.2) is 22.8 Å². The Morgan fingerprint density at radius 2 is 2.53 bits per heavy atom. The van der Waals surface area contributed by atoms with Gasteiger partial charge in [-0.25, -0.2) is 9.86 Å². The number of carbonyl (C=O) groups excluding carboxylic acids is 1. The summed E-state index contributed by atoms with van der Waals surface area (Å²) in [4.78, 5) is 11.9. The topological polar surface area (TPSA) is 66.6 Å². The van der Waals surface area contributed by atoms with Crippen molar-refractivity contribution >= 4 is 33.3 Å². The summed E-state index contributed by atoms with van der Waals surface area (Å²) in [7, 11) is 0. The van der Waals surface area contributed by atoms with Crippen molar-refractivity contribution in [2.24, 2.45) is 11.7 Å². The number of primary amides is 1. The third kappa shape index (κ3) is 2.50. The number of urea groups is 1. The van der Waals surface area contributed by atoms with Crippen LogP contribution in [0.3, 0.4) is 0 Å². The van der Waals surface area contributed by atoms with Crippen molar-refractivity contribution in [2.45, 2.75) is 12.3 Å². The van der Waals surface area contributed by atoms with Crippen LogP contribution in [0.4, 0.5) is 4.79 Å². The Bertz CT molecular complexity index is 382. The zero-order chi connectivity index (χ0) is 11.0. The van der Waals surface area contributed by atoms with Crippen LogP contribution in [-0.2, 0) is 0 Å². The summed E-state index contributed by atoms with van der Waals surface area (Å²) in [6.07, 6.45) is 1.01. The van der Waals surface area contributed by atoms with E-state index in [2.05, 4.69) is 22.0 Å². The minimum atomic E-state index is -0.784. The van der Waals surface area contributed by atoms with E-state index in [1.54, 1.807) is 11.3 Å². The Balaban J connectivity index is 1.89. The predicted molar refractivity (Wildman–Crippen MR) is 60.9 cm³/mol. The van der Waals surface area contributed by atoms with Crippen molar-refractivity contribution in [3.8, 4) is 0 Å². The summed E-state index contributed by atoms with van der Waals surface area (Å²) >= 11 is 5.09. The van der Waals surface area contributed by atoms with Gasteiger partial charge in [-0.15, -0.1) is 11.3 Å². The summed E-state index contributed by atoms with van der Waals surface area (Å²) in [5.41, 5.74) is 4.93. The highest BCUT2D eigenvalue weighted by Gasteiger charge is 2.40. The Kier molecular flexibility index (Phi) is 2.99. The van der Waals surface area contributed by atoms with Crippen molar-refractivity contribution in [3.63, 3.8) is 0 Å². The number of thiophene rings is 1. The first-order valence-electron chi connectivity index (χ1n) is 4.57. The van der Waals surface area contributed by atoms with Gasteiger partial charge >= 0.3 is 6.03 Å². The van der Waals surface area contributed by atoms with Gasteiger partial charge in [0.15, 0.2) is 0 Å². The highest BCUT2D eigenvalue weighted by atomic mass is 79.9. The van der Waals surface area contributed by atoms with Gasteiger partial charge in [0.2, 0.25) is 0 Å². The number of hydrogen-bond acceptors (Lipinski definition) is 3. The van der Waals surface area contributed by atoms with E-state index in [0.29, 0.717) is 23.4 Å². The van der Waals surface area contributed by atoms with Gasteiger partial charge in [0.05, 0.1) is 6.54 Å². The minimum absolute atomic E-state index is 0.329. The molecular formula is C9H11BrN2O2S. The maximum absolute atomic E-state index is 10.6. The van der Waals surface area contributed by atoms with Gasteiger partial charge in [-0.1, -0.05) is 0 Å². The molecule has 2 atom stereocenters. The van der Waals surface area contributed by atoms with E-state index < -0.39 is 6.03 Å². The first kappa shape index (κ1) is 10.9. The van der Waals surface area contributed by atoms with E-state index in [9.17, 15) is 4.79 Å². The average Bonchev–Trinajstić information content (AvgIpc) is 2.79. The van der Waals surface area contributed by atoms with Gasteiger partial charge in [0.25, 0.3) is 0 Å². The Hall–Kier alpha value is -0.590. The molecule has 4 nitrogen and oxygen atoms in total. The normalized spacial score (nSPS) is 23.9. The Morgan fingerprint density at radius 1 is 1.80 bits per heavy atom. The van der Waals surface area contributed by atoms with Gasteiger partial charge in [-0.2, -0.15) is 0 Å². The van der Waals surface area contributed by atoms with E-state index in [4.69, 9.17) is 10.9 Å². The van der Waals surface area contributed by atoms with Crippen molar-refractivity contribution in [1.29, 1.82) is 0 Å². The van der Waals surface area contributed by atoms with Gasteiger partial charge < -0.3 is 5.73 Å². The minimum Gasteiger partial charge on any atom is -0.350 e. The van der Waals surface area contributed by atoms with Crippen molar-refractivity contribution in [1.82, 2.24) is 5.06 Å². The van der Waals surface area contributed by atoms with E-state index >= 15 is 0 Å². The number of nitrogens with zero attached hydrogens (tertiary/aromatic N) is 1. The summed E-state index contributed by atoms with van der Waals surface area (Å²) < 4.78 is 1.09. The van der Waals surface area contributed by atoms with E-state index in [0.717, 1.165) is 10.9 Å². The Morgan fingerprint density at radius 3 is 3.07 bits per heavy atom. The molecule has 1 heterocycles. The van der Waals surface area contributed by atoms with Crippen LogP contribution >= 0.6 is 27.3 Å². The molecule has 1 aliphatic rings. The quantitative estimate of drug-likeness (QED) is 0.663. The molecule has 3 N–H and O–H groups in total. The standard InChI is InChI=1S/C9H11BrN2O2S/c10-6-2-8(15-4-6)7-1-5(7)3-12(14)9(11)13/h2,4-5,7,14H,1,3H2,(H2,11,13). The molecule has 1 aromatic heterocycles. The van der Waals surface area contributed by atoms with Crippen molar-refractivity contribution in [2.75, 3.05) is 6.54 Å². The number of halogens is 1. The first-order valence-corrected chi connectivity index (χ1v) is 6.25. The summed E-state index contributed by atoms with van der Waals surface area (Å²) in [6, 6.07) is 1.30. The molecule has 0 radical (unpaired) electrons. The SMILES string of the molecule is NC(=O)N(O)CC1CC1c1cc(Br)cs1. The van der Waals surface area contributed by atoms with Crippen LogP contribution in [0, 0.1) is 5.92 Å². The molecule has 82 valence electrons. The highest BCUT2D eigenvalue weighted by molar-refractivity contribution is 9.10. The first-order chi connectivity index (χ1) is 7.08. The zero-order valence-corrected chi connectivity index (χ0v) is 10.3. The molecule has 1 fully saturated rings. The molecule has 1 aromatic rings. The molecule has 2 amide bonds.